The van der Waals surface area contributed by atoms with E-state index in [-0.39, 0.29) is 16.5 Å². The molecule has 0 saturated heterocycles. The number of sulfone groups is 1. The highest BCUT2D eigenvalue weighted by Crippen LogP contribution is 2.18. The summed E-state index contributed by atoms with van der Waals surface area (Å²) in [6.07, 6.45) is 0.707. The average molecular weight is 281 g/mol. The Morgan fingerprint density at radius 1 is 1.32 bits per heavy atom. The van der Waals surface area contributed by atoms with E-state index in [4.69, 9.17) is 0 Å². The Bertz CT molecular complexity index is 660. The van der Waals surface area contributed by atoms with Crippen LogP contribution in [0.4, 0.5) is 0 Å². The van der Waals surface area contributed by atoms with Crippen LogP contribution in [0.5, 0.6) is 0 Å². The van der Waals surface area contributed by atoms with Crippen LogP contribution in [-0.2, 0) is 16.4 Å². The average Bonchev–Trinajstić information content (AvgIpc) is 2.78. The minimum Gasteiger partial charge on any atom is -0.391 e. The van der Waals surface area contributed by atoms with E-state index in [1.54, 1.807) is 31.2 Å². The van der Waals surface area contributed by atoms with Crippen molar-refractivity contribution in [1.29, 1.82) is 0 Å². The van der Waals surface area contributed by atoms with Gasteiger partial charge in [0.05, 0.1) is 23.7 Å². The highest BCUT2D eigenvalue weighted by Gasteiger charge is 2.21. The van der Waals surface area contributed by atoms with Gasteiger partial charge < -0.3 is 5.11 Å². The van der Waals surface area contributed by atoms with Crippen molar-refractivity contribution in [2.24, 2.45) is 0 Å². The van der Waals surface area contributed by atoms with Crippen molar-refractivity contribution in [2.75, 3.05) is 0 Å². The van der Waals surface area contributed by atoms with E-state index in [0.717, 1.165) is 5.56 Å². The Morgan fingerprint density at radius 2 is 1.95 bits per heavy atom. The molecule has 0 spiro atoms. The van der Waals surface area contributed by atoms with Gasteiger partial charge in [0.2, 0.25) is 14.9 Å². The Morgan fingerprint density at radius 3 is 2.53 bits per heavy atom. The molecule has 1 N–H and O–H groups in total. The van der Waals surface area contributed by atoms with E-state index in [9.17, 15) is 13.5 Å². The van der Waals surface area contributed by atoms with E-state index in [1.807, 2.05) is 6.92 Å². The van der Waals surface area contributed by atoms with Crippen LogP contribution in [0.3, 0.4) is 0 Å². The van der Waals surface area contributed by atoms with Gasteiger partial charge in [-0.15, -0.1) is 5.10 Å². The van der Waals surface area contributed by atoms with Gasteiger partial charge >= 0.3 is 0 Å². The van der Waals surface area contributed by atoms with Crippen molar-refractivity contribution in [1.82, 2.24) is 15.0 Å². The largest absolute Gasteiger partial charge is 0.391 e. The molecule has 0 aliphatic heterocycles. The number of benzene rings is 1. The molecule has 2 aromatic rings. The van der Waals surface area contributed by atoms with E-state index in [0.29, 0.717) is 0 Å². The van der Waals surface area contributed by atoms with Gasteiger partial charge in [0.15, 0.2) is 0 Å². The van der Waals surface area contributed by atoms with Gasteiger partial charge in [0.1, 0.15) is 0 Å². The Hall–Kier alpha value is -1.73. The molecule has 0 radical (unpaired) electrons. The first-order valence-corrected chi connectivity index (χ1v) is 7.28. The van der Waals surface area contributed by atoms with Crippen molar-refractivity contribution >= 4 is 9.84 Å². The third-order valence-corrected chi connectivity index (χ3v) is 4.21. The lowest BCUT2D eigenvalue weighted by atomic mass is 10.2. The summed E-state index contributed by atoms with van der Waals surface area (Å²) in [6, 6.07) is 6.54. The van der Waals surface area contributed by atoms with Crippen LogP contribution in [0, 0.1) is 6.92 Å². The second kappa shape index (κ2) is 5.10. The highest BCUT2D eigenvalue weighted by molar-refractivity contribution is 7.91. The number of aliphatic hydroxyl groups excluding tert-OH is 1. The molecule has 102 valence electrons. The molecule has 0 aliphatic carbocycles. The first-order chi connectivity index (χ1) is 8.89. The topological polar surface area (TPSA) is 85.1 Å². The van der Waals surface area contributed by atoms with Gasteiger partial charge in [-0.1, -0.05) is 22.9 Å². The molecular formula is C12H15N3O3S. The highest BCUT2D eigenvalue weighted by atomic mass is 32.2. The lowest BCUT2D eigenvalue weighted by Gasteiger charge is -2.02. The molecule has 1 atom stereocenters. The van der Waals surface area contributed by atoms with Crippen molar-refractivity contribution in [3.05, 3.63) is 36.0 Å². The van der Waals surface area contributed by atoms with Crippen LogP contribution in [0.15, 0.2) is 40.4 Å². The van der Waals surface area contributed by atoms with Crippen LogP contribution < -0.4 is 0 Å². The minimum absolute atomic E-state index is 0.114. The molecule has 0 amide bonds. The summed E-state index contributed by atoms with van der Waals surface area (Å²) in [4.78, 5) is 0.183. The maximum absolute atomic E-state index is 12.3. The maximum atomic E-state index is 12.3. The van der Waals surface area contributed by atoms with Crippen LogP contribution in [0.25, 0.3) is 0 Å². The van der Waals surface area contributed by atoms with Gasteiger partial charge in [-0.25, -0.2) is 13.1 Å². The Kier molecular flexibility index (Phi) is 3.68. The van der Waals surface area contributed by atoms with Crippen LogP contribution in [0.2, 0.25) is 0 Å². The van der Waals surface area contributed by atoms with E-state index in [2.05, 4.69) is 10.3 Å². The smallest absolute Gasteiger partial charge is 0.227 e. The molecule has 1 heterocycles. The molecule has 1 aromatic heterocycles. The quantitative estimate of drug-likeness (QED) is 0.896. The molecule has 1 aromatic carbocycles. The predicted molar refractivity (Wildman–Crippen MR) is 68.3 cm³/mol. The molecule has 0 unspecified atom stereocenters. The van der Waals surface area contributed by atoms with Crippen molar-refractivity contribution in [3.63, 3.8) is 0 Å². The van der Waals surface area contributed by atoms with Crippen LogP contribution in [0.1, 0.15) is 12.5 Å². The Labute approximate surface area is 111 Å². The van der Waals surface area contributed by atoms with Crippen LogP contribution >= 0.6 is 0 Å². The van der Waals surface area contributed by atoms with Crippen molar-refractivity contribution in [2.45, 2.75) is 36.4 Å². The molecule has 0 saturated carbocycles. The number of rotatable bonds is 4. The van der Waals surface area contributed by atoms with Gasteiger partial charge in [-0.05, 0) is 26.0 Å². The fraction of sp³-hybridized carbons (Fsp3) is 0.333. The number of aromatic nitrogens is 3. The third kappa shape index (κ3) is 2.99. The number of hydrogen-bond acceptors (Lipinski definition) is 5. The fourth-order valence-corrected chi connectivity index (χ4v) is 2.74. The number of aliphatic hydroxyl groups is 1. The summed E-state index contributed by atoms with van der Waals surface area (Å²) in [5.41, 5.74) is 0.983. The fourth-order valence-electron chi connectivity index (χ4n) is 1.60. The van der Waals surface area contributed by atoms with Gasteiger partial charge in [-0.3, -0.25) is 0 Å². The van der Waals surface area contributed by atoms with Crippen LogP contribution in [-0.4, -0.2) is 34.6 Å². The second-order valence-electron chi connectivity index (χ2n) is 4.44. The number of nitrogens with zero attached hydrogens (tertiary/aromatic N) is 3. The first kappa shape index (κ1) is 13.7. The Balaban J connectivity index is 2.34. The number of hydrogen-bond donors (Lipinski definition) is 1. The molecule has 7 heteroatoms. The molecule has 2 rings (SSSR count). The second-order valence-corrected chi connectivity index (χ2v) is 6.34. The summed E-state index contributed by atoms with van der Waals surface area (Å²) in [5.74, 6) is 0. The molecule has 19 heavy (non-hydrogen) atoms. The summed E-state index contributed by atoms with van der Waals surface area (Å²) < 4.78 is 25.8. The minimum atomic E-state index is -3.65. The molecule has 0 aliphatic rings. The zero-order chi connectivity index (χ0) is 14.0. The maximum Gasteiger partial charge on any atom is 0.227 e. The zero-order valence-electron chi connectivity index (χ0n) is 10.7. The van der Waals surface area contributed by atoms with E-state index < -0.39 is 15.9 Å². The number of aryl methyl sites for hydroxylation is 1. The zero-order valence-corrected chi connectivity index (χ0v) is 11.5. The van der Waals surface area contributed by atoms with E-state index >= 15 is 0 Å². The summed E-state index contributed by atoms with van der Waals surface area (Å²) >= 11 is 0. The van der Waals surface area contributed by atoms with Crippen molar-refractivity contribution in [3.8, 4) is 0 Å². The lowest BCUT2D eigenvalue weighted by molar-refractivity contribution is 0.167. The third-order valence-electron chi connectivity index (χ3n) is 2.58. The normalized spacial score (nSPS) is 13.4. The van der Waals surface area contributed by atoms with Gasteiger partial charge in [0.25, 0.3) is 0 Å². The van der Waals surface area contributed by atoms with Gasteiger partial charge in [-0.2, -0.15) is 0 Å². The van der Waals surface area contributed by atoms with Gasteiger partial charge in [0, 0.05) is 0 Å². The molecular weight excluding hydrogens is 266 g/mol. The molecule has 0 fully saturated rings. The molecule has 6 nitrogen and oxygen atoms in total. The summed E-state index contributed by atoms with van der Waals surface area (Å²) in [7, 11) is -3.65. The predicted octanol–water partition coefficient (Wildman–Crippen LogP) is 0.800. The first-order valence-electron chi connectivity index (χ1n) is 5.79. The van der Waals surface area contributed by atoms with Crippen molar-refractivity contribution < 1.29 is 13.5 Å². The molecule has 0 bridgehead atoms. The monoisotopic (exact) mass is 281 g/mol. The summed E-state index contributed by atoms with van der Waals surface area (Å²) in [6.45, 7) is 3.68. The standard InChI is InChI=1S/C12H15N3O3S/c1-9-3-5-11(6-4-9)19(17,18)12-8-15(14-13-12)7-10(2)16/h3-6,8,10,16H,7H2,1-2H3/t10-/m1/s1. The SMILES string of the molecule is Cc1ccc(S(=O)(=O)c2cn(C[C@@H](C)O)nn2)cc1. The summed E-state index contributed by atoms with van der Waals surface area (Å²) in [5, 5.41) is 16.5. The van der Waals surface area contributed by atoms with E-state index in [1.165, 1.54) is 10.9 Å². The lowest BCUT2D eigenvalue weighted by Crippen LogP contribution is -2.12.